The highest BCUT2D eigenvalue weighted by Crippen LogP contribution is 2.35. The molecule has 1 atom stereocenters. The van der Waals surface area contributed by atoms with Crippen molar-refractivity contribution in [1.29, 1.82) is 0 Å². The molecule has 0 saturated heterocycles. The summed E-state index contributed by atoms with van der Waals surface area (Å²) in [6.45, 7) is 4.01. The van der Waals surface area contributed by atoms with Gasteiger partial charge in [0.1, 0.15) is 11.5 Å². The number of hydrogen-bond acceptors (Lipinski definition) is 2. The molecule has 0 fully saturated rings. The van der Waals surface area contributed by atoms with E-state index >= 15 is 0 Å². The molecule has 0 bridgehead atoms. The highest BCUT2D eigenvalue weighted by Gasteiger charge is 2.15. The standard InChI is InChI=1S/C17H19ClO2/c1-12(2)20-14-10-8-13(9-11-14)17(18)15-6-4-5-7-16(15)19-3/h4-12,17H,1-3H3. The van der Waals surface area contributed by atoms with Crippen molar-refractivity contribution in [2.45, 2.75) is 25.3 Å². The quantitative estimate of drug-likeness (QED) is 0.736. The van der Waals surface area contributed by atoms with Crippen molar-refractivity contribution in [3.63, 3.8) is 0 Å². The lowest BCUT2D eigenvalue weighted by molar-refractivity contribution is 0.242. The fourth-order valence-corrected chi connectivity index (χ4v) is 2.37. The molecule has 0 aromatic heterocycles. The monoisotopic (exact) mass is 290 g/mol. The number of methoxy groups -OCH3 is 1. The largest absolute Gasteiger partial charge is 0.496 e. The molecule has 2 aromatic carbocycles. The molecule has 0 aliphatic heterocycles. The fourth-order valence-electron chi connectivity index (χ4n) is 2.04. The molecule has 0 radical (unpaired) electrons. The van der Waals surface area contributed by atoms with E-state index in [9.17, 15) is 0 Å². The van der Waals surface area contributed by atoms with Gasteiger partial charge in [-0.3, -0.25) is 0 Å². The molecule has 0 aliphatic carbocycles. The van der Waals surface area contributed by atoms with Crippen molar-refractivity contribution in [3.05, 3.63) is 59.7 Å². The molecular formula is C17H19ClO2. The van der Waals surface area contributed by atoms with Crippen molar-refractivity contribution in [2.24, 2.45) is 0 Å². The average molecular weight is 291 g/mol. The van der Waals surface area contributed by atoms with E-state index in [4.69, 9.17) is 21.1 Å². The van der Waals surface area contributed by atoms with Gasteiger partial charge in [0.25, 0.3) is 0 Å². The maximum atomic E-state index is 6.55. The van der Waals surface area contributed by atoms with E-state index in [-0.39, 0.29) is 11.5 Å². The van der Waals surface area contributed by atoms with Crippen LogP contribution >= 0.6 is 11.6 Å². The number of para-hydroxylation sites is 1. The van der Waals surface area contributed by atoms with Crippen LogP contribution in [0.1, 0.15) is 30.4 Å². The van der Waals surface area contributed by atoms with Crippen LogP contribution in [-0.4, -0.2) is 13.2 Å². The molecule has 2 rings (SSSR count). The van der Waals surface area contributed by atoms with E-state index in [1.54, 1.807) is 7.11 Å². The van der Waals surface area contributed by atoms with E-state index in [0.29, 0.717) is 0 Å². The second-order valence-electron chi connectivity index (χ2n) is 4.84. The van der Waals surface area contributed by atoms with Crippen LogP contribution in [0.25, 0.3) is 0 Å². The first-order valence-electron chi connectivity index (χ1n) is 6.65. The molecule has 0 amide bonds. The summed E-state index contributed by atoms with van der Waals surface area (Å²) in [6.07, 6.45) is 0.168. The van der Waals surface area contributed by atoms with Crippen LogP contribution in [0.15, 0.2) is 48.5 Å². The zero-order valence-corrected chi connectivity index (χ0v) is 12.7. The number of benzene rings is 2. The molecule has 3 heteroatoms. The van der Waals surface area contributed by atoms with Crippen LogP contribution in [0.3, 0.4) is 0 Å². The summed E-state index contributed by atoms with van der Waals surface area (Å²) in [4.78, 5) is 0. The number of alkyl halides is 1. The minimum atomic E-state index is -0.237. The lowest BCUT2D eigenvalue weighted by Crippen LogP contribution is -2.05. The Hall–Kier alpha value is -1.67. The first-order chi connectivity index (χ1) is 9.61. The summed E-state index contributed by atoms with van der Waals surface area (Å²) in [7, 11) is 1.65. The van der Waals surface area contributed by atoms with Gasteiger partial charge >= 0.3 is 0 Å². The molecule has 0 spiro atoms. The molecule has 2 aromatic rings. The lowest BCUT2D eigenvalue weighted by atomic mass is 10.0. The van der Waals surface area contributed by atoms with Crippen molar-refractivity contribution in [2.75, 3.05) is 7.11 Å². The minimum Gasteiger partial charge on any atom is -0.496 e. The SMILES string of the molecule is COc1ccccc1C(Cl)c1ccc(OC(C)C)cc1. The van der Waals surface area contributed by atoms with Crippen LogP contribution in [0.2, 0.25) is 0 Å². The third kappa shape index (κ3) is 3.45. The second kappa shape index (κ2) is 6.67. The maximum absolute atomic E-state index is 6.55. The fraction of sp³-hybridized carbons (Fsp3) is 0.294. The van der Waals surface area contributed by atoms with Gasteiger partial charge in [-0.25, -0.2) is 0 Å². The summed E-state index contributed by atoms with van der Waals surface area (Å²) >= 11 is 6.55. The van der Waals surface area contributed by atoms with Gasteiger partial charge in [0.15, 0.2) is 0 Å². The third-order valence-electron chi connectivity index (χ3n) is 2.96. The highest BCUT2D eigenvalue weighted by atomic mass is 35.5. The summed E-state index contributed by atoms with van der Waals surface area (Å²) in [6, 6.07) is 15.7. The van der Waals surface area contributed by atoms with E-state index < -0.39 is 0 Å². The molecule has 0 N–H and O–H groups in total. The molecule has 2 nitrogen and oxygen atoms in total. The van der Waals surface area contributed by atoms with Gasteiger partial charge in [0, 0.05) is 5.56 Å². The van der Waals surface area contributed by atoms with Crippen LogP contribution in [0.5, 0.6) is 11.5 Å². The first-order valence-corrected chi connectivity index (χ1v) is 7.09. The van der Waals surface area contributed by atoms with Gasteiger partial charge in [0.2, 0.25) is 0 Å². The number of rotatable bonds is 5. The van der Waals surface area contributed by atoms with Gasteiger partial charge < -0.3 is 9.47 Å². The van der Waals surface area contributed by atoms with E-state index in [0.717, 1.165) is 22.6 Å². The van der Waals surface area contributed by atoms with E-state index in [1.165, 1.54) is 0 Å². The Morgan fingerprint density at radius 2 is 1.60 bits per heavy atom. The number of hydrogen-bond donors (Lipinski definition) is 0. The molecule has 1 unspecified atom stereocenters. The summed E-state index contributed by atoms with van der Waals surface area (Å²) in [5, 5.41) is -0.237. The first kappa shape index (κ1) is 14.7. The Balaban J connectivity index is 2.22. The van der Waals surface area contributed by atoms with Crippen LogP contribution in [0, 0.1) is 0 Å². The smallest absolute Gasteiger partial charge is 0.123 e. The number of ether oxygens (including phenoxy) is 2. The van der Waals surface area contributed by atoms with Gasteiger partial charge in [0.05, 0.1) is 18.6 Å². The predicted octanol–water partition coefficient (Wildman–Crippen LogP) is 4.81. The Kier molecular flexibility index (Phi) is 4.91. The predicted molar refractivity (Wildman–Crippen MR) is 82.9 cm³/mol. The zero-order chi connectivity index (χ0) is 14.5. The van der Waals surface area contributed by atoms with E-state index in [2.05, 4.69) is 0 Å². The summed E-state index contributed by atoms with van der Waals surface area (Å²) in [5.41, 5.74) is 1.99. The summed E-state index contributed by atoms with van der Waals surface area (Å²) < 4.78 is 11.0. The Labute approximate surface area is 125 Å². The lowest BCUT2D eigenvalue weighted by Gasteiger charge is -2.15. The topological polar surface area (TPSA) is 18.5 Å². The molecule has 106 valence electrons. The molecule has 0 saturated carbocycles. The van der Waals surface area contributed by atoms with Gasteiger partial charge in [-0.15, -0.1) is 11.6 Å². The third-order valence-corrected chi connectivity index (χ3v) is 3.44. The van der Waals surface area contributed by atoms with Crippen molar-refractivity contribution < 1.29 is 9.47 Å². The average Bonchev–Trinajstić information content (AvgIpc) is 2.46. The van der Waals surface area contributed by atoms with Crippen LogP contribution < -0.4 is 9.47 Å². The number of halogens is 1. The van der Waals surface area contributed by atoms with Crippen LogP contribution in [0.4, 0.5) is 0 Å². The molecule has 0 heterocycles. The van der Waals surface area contributed by atoms with Crippen molar-refractivity contribution >= 4 is 11.6 Å². The maximum Gasteiger partial charge on any atom is 0.123 e. The normalized spacial score (nSPS) is 12.2. The van der Waals surface area contributed by atoms with Crippen LogP contribution in [-0.2, 0) is 0 Å². The summed E-state index contributed by atoms with van der Waals surface area (Å²) in [5.74, 6) is 1.66. The Morgan fingerprint density at radius 1 is 0.950 bits per heavy atom. The molecule has 0 aliphatic rings. The van der Waals surface area contributed by atoms with Crippen molar-refractivity contribution in [3.8, 4) is 11.5 Å². The zero-order valence-electron chi connectivity index (χ0n) is 12.0. The van der Waals surface area contributed by atoms with Gasteiger partial charge in [-0.1, -0.05) is 30.3 Å². The van der Waals surface area contributed by atoms with Gasteiger partial charge in [-0.05, 0) is 37.6 Å². The van der Waals surface area contributed by atoms with E-state index in [1.807, 2.05) is 62.4 Å². The highest BCUT2D eigenvalue weighted by molar-refractivity contribution is 6.22. The molecule has 20 heavy (non-hydrogen) atoms. The minimum absolute atomic E-state index is 0.168. The Bertz CT molecular complexity index is 549. The van der Waals surface area contributed by atoms with Crippen molar-refractivity contribution in [1.82, 2.24) is 0 Å². The molecular weight excluding hydrogens is 272 g/mol. The Morgan fingerprint density at radius 3 is 2.20 bits per heavy atom. The second-order valence-corrected chi connectivity index (χ2v) is 5.28. The van der Waals surface area contributed by atoms with Gasteiger partial charge in [-0.2, -0.15) is 0 Å².